The topological polar surface area (TPSA) is 29.3 Å². The van der Waals surface area contributed by atoms with Crippen LogP contribution in [-0.2, 0) is 0 Å². The Bertz CT molecular complexity index is 395. The number of halogens is 2. The number of nitrogens with zero attached hydrogens (tertiary/aromatic N) is 1. The first-order valence-corrected chi connectivity index (χ1v) is 6.80. The van der Waals surface area contributed by atoms with E-state index in [2.05, 4.69) is 11.8 Å². The van der Waals surface area contributed by atoms with Gasteiger partial charge in [0.15, 0.2) is 0 Å². The molecule has 2 nitrogen and oxygen atoms in total. The Kier molecular flexibility index (Phi) is 4.31. The lowest BCUT2D eigenvalue weighted by Gasteiger charge is -2.31. The molecule has 0 spiro atoms. The molecule has 4 heteroatoms. The number of likely N-dealkylation sites (tertiary alicyclic amines) is 1. The van der Waals surface area contributed by atoms with Crippen molar-refractivity contribution in [1.29, 1.82) is 0 Å². The summed E-state index contributed by atoms with van der Waals surface area (Å²) in [5, 5.41) is 1.25. The van der Waals surface area contributed by atoms with Crippen LogP contribution in [0.2, 0.25) is 10.0 Å². The van der Waals surface area contributed by atoms with E-state index in [4.69, 9.17) is 28.9 Å². The van der Waals surface area contributed by atoms with Crippen molar-refractivity contribution in [1.82, 2.24) is 4.90 Å². The monoisotopic (exact) mass is 272 g/mol. The van der Waals surface area contributed by atoms with E-state index >= 15 is 0 Å². The molecule has 0 aliphatic carbocycles. The normalized spacial score (nSPS) is 22.9. The second-order valence-corrected chi connectivity index (χ2v) is 5.41. The Labute approximate surface area is 113 Å². The molecular weight excluding hydrogens is 255 g/mol. The molecule has 1 heterocycles. The summed E-state index contributed by atoms with van der Waals surface area (Å²) in [6.45, 7) is 3.91. The van der Waals surface area contributed by atoms with E-state index < -0.39 is 0 Å². The molecular formula is C13H18Cl2N2. The molecule has 2 N–H and O–H groups in total. The number of hydrogen-bond donors (Lipinski definition) is 1. The summed E-state index contributed by atoms with van der Waals surface area (Å²) in [4.78, 5) is 2.43. The average Bonchev–Trinajstić information content (AvgIpc) is 2.72. The van der Waals surface area contributed by atoms with Crippen molar-refractivity contribution in [2.75, 3.05) is 13.1 Å². The Morgan fingerprint density at radius 1 is 1.47 bits per heavy atom. The van der Waals surface area contributed by atoms with Crippen molar-refractivity contribution >= 4 is 23.2 Å². The molecule has 94 valence electrons. The van der Waals surface area contributed by atoms with Crippen LogP contribution in [0.15, 0.2) is 18.2 Å². The van der Waals surface area contributed by atoms with Gasteiger partial charge in [0.1, 0.15) is 0 Å². The van der Waals surface area contributed by atoms with Crippen molar-refractivity contribution in [3.8, 4) is 0 Å². The Morgan fingerprint density at radius 2 is 2.24 bits per heavy atom. The highest BCUT2D eigenvalue weighted by molar-refractivity contribution is 6.42. The molecule has 0 radical (unpaired) electrons. The SMILES string of the molecule is CC1CCCN1C(CN)c1cccc(Cl)c1Cl. The summed E-state index contributed by atoms with van der Waals surface area (Å²) in [5.74, 6) is 0. The minimum Gasteiger partial charge on any atom is -0.329 e. The fourth-order valence-corrected chi connectivity index (χ4v) is 3.07. The zero-order valence-electron chi connectivity index (χ0n) is 10.00. The fourth-order valence-electron chi connectivity index (χ4n) is 2.64. The van der Waals surface area contributed by atoms with Gasteiger partial charge in [0, 0.05) is 18.6 Å². The summed E-state index contributed by atoms with van der Waals surface area (Å²) in [7, 11) is 0. The molecule has 2 unspecified atom stereocenters. The first-order chi connectivity index (χ1) is 8.15. The van der Waals surface area contributed by atoms with E-state index in [0.29, 0.717) is 22.6 Å². The third-order valence-corrected chi connectivity index (χ3v) is 4.40. The molecule has 2 atom stereocenters. The van der Waals surface area contributed by atoms with Crippen LogP contribution < -0.4 is 5.73 Å². The van der Waals surface area contributed by atoms with Crippen LogP contribution in [-0.4, -0.2) is 24.0 Å². The maximum atomic E-state index is 6.28. The highest BCUT2D eigenvalue weighted by Crippen LogP contribution is 2.35. The zero-order valence-corrected chi connectivity index (χ0v) is 11.5. The Hall–Kier alpha value is -0.280. The highest BCUT2D eigenvalue weighted by atomic mass is 35.5. The van der Waals surface area contributed by atoms with Gasteiger partial charge in [0.2, 0.25) is 0 Å². The van der Waals surface area contributed by atoms with E-state index in [1.165, 1.54) is 12.8 Å². The summed E-state index contributed by atoms with van der Waals surface area (Å²) >= 11 is 12.3. The second-order valence-electron chi connectivity index (χ2n) is 4.62. The molecule has 1 fully saturated rings. The standard InChI is InChI=1S/C13H18Cl2N2/c1-9-4-3-7-17(9)12(8-16)10-5-2-6-11(14)13(10)15/h2,5-6,9,12H,3-4,7-8,16H2,1H3. The molecule has 1 saturated heterocycles. The largest absolute Gasteiger partial charge is 0.329 e. The molecule has 0 saturated carbocycles. The number of rotatable bonds is 3. The maximum absolute atomic E-state index is 6.28. The van der Waals surface area contributed by atoms with Gasteiger partial charge < -0.3 is 5.73 Å². The van der Waals surface area contributed by atoms with E-state index in [9.17, 15) is 0 Å². The smallest absolute Gasteiger partial charge is 0.0640 e. The number of benzene rings is 1. The lowest BCUT2D eigenvalue weighted by molar-refractivity contribution is 0.195. The predicted molar refractivity (Wildman–Crippen MR) is 73.7 cm³/mol. The second kappa shape index (κ2) is 5.57. The van der Waals surface area contributed by atoms with Gasteiger partial charge in [0.05, 0.1) is 10.0 Å². The highest BCUT2D eigenvalue weighted by Gasteiger charge is 2.29. The van der Waals surface area contributed by atoms with Crippen molar-refractivity contribution in [2.24, 2.45) is 5.73 Å². The molecule has 0 aromatic heterocycles. The fraction of sp³-hybridized carbons (Fsp3) is 0.538. The minimum absolute atomic E-state index is 0.179. The Balaban J connectivity index is 2.31. The van der Waals surface area contributed by atoms with E-state index in [-0.39, 0.29) is 6.04 Å². The molecule has 1 aliphatic rings. The van der Waals surface area contributed by atoms with Gasteiger partial charge in [-0.1, -0.05) is 35.3 Å². The van der Waals surface area contributed by atoms with Crippen molar-refractivity contribution in [3.63, 3.8) is 0 Å². The molecule has 0 amide bonds. The van der Waals surface area contributed by atoms with Gasteiger partial charge in [0.25, 0.3) is 0 Å². The van der Waals surface area contributed by atoms with Crippen LogP contribution in [0.1, 0.15) is 31.4 Å². The molecule has 0 bridgehead atoms. The third-order valence-electron chi connectivity index (χ3n) is 3.57. The summed E-state index contributed by atoms with van der Waals surface area (Å²) in [6.07, 6.45) is 2.46. The zero-order chi connectivity index (χ0) is 12.4. The summed E-state index contributed by atoms with van der Waals surface area (Å²) < 4.78 is 0. The van der Waals surface area contributed by atoms with Gasteiger partial charge in [-0.2, -0.15) is 0 Å². The molecule has 1 aromatic rings. The van der Waals surface area contributed by atoms with Crippen LogP contribution >= 0.6 is 23.2 Å². The van der Waals surface area contributed by atoms with Crippen molar-refractivity contribution < 1.29 is 0 Å². The van der Waals surface area contributed by atoms with Gasteiger partial charge in [-0.15, -0.1) is 0 Å². The van der Waals surface area contributed by atoms with Crippen molar-refractivity contribution in [2.45, 2.75) is 31.8 Å². The van der Waals surface area contributed by atoms with E-state index in [1.807, 2.05) is 18.2 Å². The van der Waals surface area contributed by atoms with Gasteiger partial charge in [-0.05, 0) is 37.9 Å². The molecule has 1 aromatic carbocycles. The van der Waals surface area contributed by atoms with Crippen LogP contribution in [0.5, 0.6) is 0 Å². The Morgan fingerprint density at radius 3 is 2.82 bits per heavy atom. The number of nitrogens with two attached hydrogens (primary N) is 1. The molecule has 1 aliphatic heterocycles. The third kappa shape index (κ3) is 2.60. The predicted octanol–water partition coefficient (Wildman–Crippen LogP) is 3.48. The van der Waals surface area contributed by atoms with Crippen LogP contribution in [0.25, 0.3) is 0 Å². The molecule has 2 rings (SSSR count). The first-order valence-electron chi connectivity index (χ1n) is 6.05. The van der Waals surface area contributed by atoms with Gasteiger partial charge in [-0.3, -0.25) is 4.90 Å². The van der Waals surface area contributed by atoms with Gasteiger partial charge >= 0.3 is 0 Å². The maximum Gasteiger partial charge on any atom is 0.0640 e. The van der Waals surface area contributed by atoms with E-state index in [0.717, 1.165) is 12.1 Å². The molecule has 17 heavy (non-hydrogen) atoms. The lowest BCUT2D eigenvalue weighted by atomic mass is 10.0. The summed E-state index contributed by atoms with van der Waals surface area (Å²) in [6, 6.07) is 6.52. The average molecular weight is 273 g/mol. The summed E-state index contributed by atoms with van der Waals surface area (Å²) in [5.41, 5.74) is 6.97. The van der Waals surface area contributed by atoms with Crippen molar-refractivity contribution in [3.05, 3.63) is 33.8 Å². The van der Waals surface area contributed by atoms with Gasteiger partial charge in [-0.25, -0.2) is 0 Å². The minimum atomic E-state index is 0.179. The first kappa shape index (κ1) is 13.2. The van der Waals surface area contributed by atoms with Crippen LogP contribution in [0.4, 0.5) is 0 Å². The van der Waals surface area contributed by atoms with E-state index in [1.54, 1.807) is 0 Å². The number of hydrogen-bond acceptors (Lipinski definition) is 2. The van der Waals surface area contributed by atoms with Crippen LogP contribution in [0, 0.1) is 0 Å². The quantitative estimate of drug-likeness (QED) is 0.913. The van der Waals surface area contributed by atoms with Crippen LogP contribution in [0.3, 0.4) is 0 Å². The lowest BCUT2D eigenvalue weighted by Crippen LogP contribution is -2.36.